The number of carbonyl (C=O) groups excluding carboxylic acids is 1. The number of anilines is 4. The van der Waals surface area contributed by atoms with E-state index in [0.717, 1.165) is 5.56 Å². The largest absolute Gasteiger partial charge is 0.422 e. The lowest BCUT2D eigenvalue weighted by atomic mass is 10.1. The molecule has 6 heterocycles. The third-order valence-electron chi connectivity index (χ3n) is 6.26. The van der Waals surface area contributed by atoms with Crippen molar-refractivity contribution in [3.63, 3.8) is 0 Å². The van der Waals surface area contributed by atoms with E-state index >= 15 is 0 Å². The molecule has 6 rings (SSSR count). The van der Waals surface area contributed by atoms with Crippen LogP contribution >= 0.6 is 12.4 Å². The second kappa shape index (κ2) is 11.2. The van der Waals surface area contributed by atoms with Crippen molar-refractivity contribution in [2.75, 3.05) is 73.5 Å². The fourth-order valence-electron chi connectivity index (χ4n) is 4.31. The van der Waals surface area contributed by atoms with Gasteiger partial charge in [0, 0.05) is 44.0 Å². The van der Waals surface area contributed by atoms with Crippen molar-refractivity contribution in [2.24, 2.45) is 0 Å². The van der Waals surface area contributed by atoms with Gasteiger partial charge >= 0.3 is 0 Å². The van der Waals surface area contributed by atoms with Gasteiger partial charge in [-0.15, -0.1) is 12.4 Å². The molecule has 4 aromatic rings. The molecule has 0 radical (unpaired) electrons. The molecule has 4 aromatic heterocycles. The highest BCUT2D eigenvalue weighted by Gasteiger charge is 2.24. The summed E-state index contributed by atoms with van der Waals surface area (Å²) in [4.78, 5) is 35.5. The van der Waals surface area contributed by atoms with Crippen molar-refractivity contribution in [3.05, 3.63) is 48.3 Å². The second-order valence-corrected chi connectivity index (χ2v) is 8.71. The number of nitrogen functional groups attached to an aromatic ring is 1. The highest BCUT2D eigenvalue weighted by molar-refractivity contribution is 6.05. The van der Waals surface area contributed by atoms with Crippen LogP contribution < -0.4 is 20.9 Å². The molecule has 0 bridgehead atoms. The molecule has 0 unspecified atom stereocenters. The summed E-state index contributed by atoms with van der Waals surface area (Å²) in [7, 11) is 0. The third-order valence-corrected chi connectivity index (χ3v) is 6.26. The number of nitrogens with zero attached hydrogens (tertiary/aromatic N) is 6. The molecule has 2 aliphatic heterocycles. The van der Waals surface area contributed by atoms with E-state index in [4.69, 9.17) is 24.6 Å². The Kier molecular flexibility index (Phi) is 7.54. The zero-order chi connectivity index (χ0) is 25.2. The average molecular weight is 539 g/mol. The number of fused-ring (bicyclic) bond motifs is 1. The molecule has 0 aliphatic carbocycles. The van der Waals surface area contributed by atoms with Gasteiger partial charge in [0.1, 0.15) is 11.5 Å². The van der Waals surface area contributed by atoms with Gasteiger partial charge in [-0.05, 0) is 24.3 Å². The maximum Gasteiger partial charge on any atom is 0.300 e. The van der Waals surface area contributed by atoms with Crippen LogP contribution in [0.1, 0.15) is 10.5 Å². The number of halogens is 1. The van der Waals surface area contributed by atoms with Crippen LogP contribution in [0.2, 0.25) is 0 Å². The van der Waals surface area contributed by atoms with Gasteiger partial charge in [0.15, 0.2) is 11.4 Å². The van der Waals surface area contributed by atoms with Gasteiger partial charge in [-0.2, -0.15) is 4.98 Å². The number of aromatic nitrogens is 4. The average Bonchev–Trinajstić information content (AvgIpc) is 3.37. The smallest absolute Gasteiger partial charge is 0.300 e. The molecular formula is C25H27ClN8O4. The van der Waals surface area contributed by atoms with E-state index in [1.165, 1.54) is 0 Å². The Labute approximate surface area is 224 Å². The number of nitrogens with two attached hydrogens (primary N) is 1. The fraction of sp³-hybridized carbons (Fsp3) is 0.320. The van der Waals surface area contributed by atoms with Crippen LogP contribution in [0, 0.1) is 0 Å². The summed E-state index contributed by atoms with van der Waals surface area (Å²) in [6.07, 6.45) is 1.63. The maximum absolute atomic E-state index is 13.3. The Morgan fingerprint density at radius 1 is 0.921 bits per heavy atom. The van der Waals surface area contributed by atoms with Crippen molar-refractivity contribution >= 4 is 52.9 Å². The highest BCUT2D eigenvalue weighted by atomic mass is 35.5. The van der Waals surface area contributed by atoms with E-state index in [1.807, 2.05) is 17.0 Å². The quantitative estimate of drug-likeness (QED) is 0.386. The van der Waals surface area contributed by atoms with Gasteiger partial charge in [-0.1, -0.05) is 6.07 Å². The summed E-state index contributed by atoms with van der Waals surface area (Å²) >= 11 is 0. The Morgan fingerprint density at radius 3 is 2.37 bits per heavy atom. The molecule has 2 fully saturated rings. The first-order valence-electron chi connectivity index (χ1n) is 12.1. The fourth-order valence-corrected chi connectivity index (χ4v) is 4.31. The summed E-state index contributed by atoms with van der Waals surface area (Å²) in [6, 6.07) is 11.0. The Balaban J connectivity index is 0.00000294. The summed E-state index contributed by atoms with van der Waals surface area (Å²) in [5.41, 5.74) is 8.82. The second-order valence-electron chi connectivity index (χ2n) is 8.71. The number of carbonyl (C=O) groups is 1. The molecule has 2 saturated heterocycles. The Morgan fingerprint density at radius 2 is 1.66 bits per heavy atom. The van der Waals surface area contributed by atoms with Gasteiger partial charge in [0.25, 0.3) is 11.9 Å². The van der Waals surface area contributed by atoms with E-state index < -0.39 is 0 Å². The number of ether oxygens (including phenoxy) is 2. The number of oxazole rings is 1. The van der Waals surface area contributed by atoms with Gasteiger partial charge in [0.05, 0.1) is 37.8 Å². The van der Waals surface area contributed by atoms with Gasteiger partial charge in [-0.3, -0.25) is 4.79 Å². The number of rotatable bonds is 5. The number of morpholine rings is 2. The lowest BCUT2D eigenvalue weighted by Gasteiger charge is -2.29. The Bertz CT molecular complexity index is 1420. The Hall–Kier alpha value is -4.00. The molecule has 1 amide bonds. The first-order valence-corrected chi connectivity index (χ1v) is 12.1. The molecule has 0 atom stereocenters. The molecule has 0 saturated carbocycles. The van der Waals surface area contributed by atoms with Crippen LogP contribution in [-0.4, -0.2) is 78.4 Å². The molecule has 2 aliphatic rings. The minimum absolute atomic E-state index is 0. The van der Waals surface area contributed by atoms with Crippen molar-refractivity contribution in [3.8, 4) is 11.3 Å². The number of hydrogen-bond donors (Lipinski definition) is 2. The number of amides is 1. The van der Waals surface area contributed by atoms with Gasteiger partial charge < -0.3 is 34.7 Å². The van der Waals surface area contributed by atoms with Crippen molar-refractivity contribution in [1.29, 1.82) is 0 Å². The first-order chi connectivity index (χ1) is 18.1. The molecule has 38 heavy (non-hydrogen) atoms. The summed E-state index contributed by atoms with van der Waals surface area (Å²) in [5, 5.41) is 2.99. The summed E-state index contributed by atoms with van der Waals surface area (Å²) in [5.74, 6) is 0.666. The standard InChI is InChI=1S/C25H26N8O4.ClH/c26-21-5-4-16(15-27-21)17-2-1-3-18(28-17)24(34)29-19-14-20-22(30-23(19)32-6-10-35-11-7-32)31-25(37-20)33-8-12-36-13-9-33;/h1-5,14-15H,6-13H2,(H2,26,27)(H,29,34);1H. The predicted molar refractivity (Wildman–Crippen MR) is 145 cm³/mol. The van der Waals surface area contributed by atoms with E-state index in [-0.39, 0.29) is 24.0 Å². The zero-order valence-corrected chi connectivity index (χ0v) is 21.3. The van der Waals surface area contributed by atoms with Crippen LogP contribution in [0.4, 0.5) is 23.3 Å². The molecule has 13 heteroatoms. The molecule has 198 valence electrons. The topological polar surface area (TPSA) is 145 Å². The van der Waals surface area contributed by atoms with Crippen molar-refractivity contribution < 1.29 is 18.7 Å². The van der Waals surface area contributed by atoms with E-state index in [0.29, 0.717) is 92.9 Å². The van der Waals surface area contributed by atoms with E-state index in [9.17, 15) is 4.79 Å². The van der Waals surface area contributed by atoms with Crippen molar-refractivity contribution in [1.82, 2.24) is 19.9 Å². The normalized spacial score (nSPS) is 15.8. The minimum atomic E-state index is -0.367. The van der Waals surface area contributed by atoms with Crippen LogP contribution in [-0.2, 0) is 9.47 Å². The molecule has 0 spiro atoms. The van der Waals surface area contributed by atoms with Gasteiger partial charge in [0.2, 0.25) is 5.65 Å². The lowest BCUT2D eigenvalue weighted by Crippen LogP contribution is -2.37. The summed E-state index contributed by atoms with van der Waals surface area (Å²) in [6.45, 7) is 5.06. The zero-order valence-electron chi connectivity index (χ0n) is 20.5. The lowest BCUT2D eigenvalue weighted by molar-refractivity contribution is 0.102. The van der Waals surface area contributed by atoms with Crippen LogP contribution in [0.3, 0.4) is 0 Å². The van der Waals surface area contributed by atoms with Crippen LogP contribution in [0.5, 0.6) is 0 Å². The van der Waals surface area contributed by atoms with Gasteiger partial charge in [-0.25, -0.2) is 15.0 Å². The number of hydrogen-bond acceptors (Lipinski definition) is 11. The number of nitrogens with one attached hydrogen (secondary N) is 1. The van der Waals surface area contributed by atoms with Crippen LogP contribution in [0.15, 0.2) is 47.0 Å². The molecular weight excluding hydrogens is 512 g/mol. The monoisotopic (exact) mass is 538 g/mol. The predicted octanol–water partition coefficient (Wildman–Crippen LogP) is 2.61. The van der Waals surface area contributed by atoms with E-state index in [1.54, 1.807) is 30.5 Å². The molecule has 12 nitrogen and oxygen atoms in total. The summed E-state index contributed by atoms with van der Waals surface area (Å²) < 4.78 is 17.0. The molecule has 3 N–H and O–H groups in total. The third kappa shape index (κ3) is 5.32. The number of pyridine rings is 3. The maximum atomic E-state index is 13.3. The van der Waals surface area contributed by atoms with E-state index in [2.05, 4.69) is 25.2 Å². The van der Waals surface area contributed by atoms with Crippen LogP contribution in [0.25, 0.3) is 22.5 Å². The van der Waals surface area contributed by atoms with Crippen molar-refractivity contribution in [2.45, 2.75) is 0 Å². The SMILES string of the molecule is Cl.Nc1ccc(-c2cccc(C(=O)Nc3cc4oc(N5CCOCC5)nc4nc3N3CCOCC3)n2)cn1. The molecule has 0 aromatic carbocycles. The highest BCUT2D eigenvalue weighted by Crippen LogP contribution is 2.31. The minimum Gasteiger partial charge on any atom is -0.422 e. The first kappa shape index (κ1) is 25.6.